The van der Waals surface area contributed by atoms with E-state index in [2.05, 4.69) is 15.9 Å². The van der Waals surface area contributed by atoms with Crippen LogP contribution in [0.4, 0.5) is 4.39 Å². The molecule has 17 heavy (non-hydrogen) atoms. The quantitative estimate of drug-likeness (QED) is 0.843. The summed E-state index contributed by atoms with van der Waals surface area (Å²) in [6.07, 6.45) is 1.74. The smallest absolute Gasteiger partial charge is 0.129 e. The third-order valence-corrected chi connectivity index (χ3v) is 4.37. The first-order valence-corrected chi connectivity index (χ1v) is 6.74. The van der Waals surface area contributed by atoms with Crippen molar-refractivity contribution in [1.82, 2.24) is 0 Å². The maximum atomic E-state index is 13.8. The van der Waals surface area contributed by atoms with Crippen LogP contribution < -0.4 is 5.73 Å². The van der Waals surface area contributed by atoms with Crippen LogP contribution in [0.2, 0.25) is 5.02 Å². The van der Waals surface area contributed by atoms with Gasteiger partial charge in [-0.05, 0) is 46.8 Å². The minimum Gasteiger partial charge on any atom is -0.381 e. The van der Waals surface area contributed by atoms with Gasteiger partial charge in [0.15, 0.2) is 0 Å². The van der Waals surface area contributed by atoms with Gasteiger partial charge >= 0.3 is 0 Å². The number of halogens is 3. The predicted octanol–water partition coefficient (Wildman–Crippen LogP) is 3.67. The van der Waals surface area contributed by atoms with Crippen LogP contribution in [0, 0.1) is 11.7 Å². The van der Waals surface area contributed by atoms with Gasteiger partial charge in [0.25, 0.3) is 0 Å². The summed E-state index contributed by atoms with van der Waals surface area (Å²) in [5.41, 5.74) is 6.61. The van der Waals surface area contributed by atoms with Gasteiger partial charge in [-0.15, -0.1) is 0 Å². The fourth-order valence-electron chi connectivity index (χ4n) is 2.12. The van der Waals surface area contributed by atoms with Gasteiger partial charge < -0.3 is 10.5 Å². The van der Waals surface area contributed by atoms with E-state index in [1.165, 1.54) is 6.07 Å². The average molecular weight is 323 g/mol. The molecule has 0 radical (unpaired) electrons. The van der Waals surface area contributed by atoms with Crippen LogP contribution in [-0.2, 0) is 4.74 Å². The molecule has 0 aromatic heterocycles. The van der Waals surface area contributed by atoms with Crippen LogP contribution in [0.1, 0.15) is 24.4 Å². The van der Waals surface area contributed by atoms with Crippen molar-refractivity contribution in [2.75, 3.05) is 13.2 Å². The highest BCUT2D eigenvalue weighted by atomic mass is 79.9. The number of benzene rings is 1. The molecular formula is C12H14BrClFNO. The van der Waals surface area contributed by atoms with E-state index < -0.39 is 0 Å². The molecule has 2 N–H and O–H groups in total. The topological polar surface area (TPSA) is 35.2 Å². The van der Waals surface area contributed by atoms with Crippen molar-refractivity contribution in [3.63, 3.8) is 0 Å². The first-order valence-electron chi connectivity index (χ1n) is 5.57. The summed E-state index contributed by atoms with van der Waals surface area (Å²) in [6.45, 7) is 1.40. The molecule has 1 saturated heterocycles. The zero-order valence-corrected chi connectivity index (χ0v) is 11.6. The molecule has 0 bridgehead atoms. The second-order valence-corrected chi connectivity index (χ2v) is 5.52. The van der Waals surface area contributed by atoms with Gasteiger partial charge in [0.1, 0.15) is 5.82 Å². The van der Waals surface area contributed by atoms with Gasteiger partial charge in [0, 0.05) is 29.3 Å². The van der Waals surface area contributed by atoms with E-state index in [0.29, 0.717) is 28.3 Å². The van der Waals surface area contributed by atoms with Crippen molar-refractivity contribution in [3.05, 3.63) is 33.0 Å². The zero-order chi connectivity index (χ0) is 12.4. The Morgan fingerprint density at radius 1 is 1.41 bits per heavy atom. The van der Waals surface area contributed by atoms with Crippen molar-refractivity contribution in [2.45, 2.75) is 18.9 Å². The number of hydrogen-bond acceptors (Lipinski definition) is 2. The summed E-state index contributed by atoms with van der Waals surface area (Å²) in [7, 11) is 0. The summed E-state index contributed by atoms with van der Waals surface area (Å²) in [5, 5.41) is 0.490. The first kappa shape index (κ1) is 13.3. The Morgan fingerprint density at radius 3 is 2.71 bits per heavy atom. The maximum absolute atomic E-state index is 13.8. The van der Waals surface area contributed by atoms with E-state index in [4.69, 9.17) is 22.1 Å². The number of nitrogens with two attached hydrogens (primary N) is 1. The summed E-state index contributed by atoms with van der Waals surface area (Å²) in [6, 6.07) is 2.67. The molecule has 2 rings (SSSR count). The molecule has 1 aliphatic heterocycles. The largest absolute Gasteiger partial charge is 0.381 e. The lowest BCUT2D eigenvalue weighted by atomic mass is 9.87. The molecule has 1 atom stereocenters. The zero-order valence-electron chi connectivity index (χ0n) is 9.26. The average Bonchev–Trinajstić information content (AvgIpc) is 2.34. The van der Waals surface area contributed by atoms with Gasteiger partial charge in [0.2, 0.25) is 0 Å². The molecule has 0 spiro atoms. The van der Waals surface area contributed by atoms with Crippen molar-refractivity contribution in [2.24, 2.45) is 11.7 Å². The summed E-state index contributed by atoms with van der Waals surface area (Å²) >= 11 is 9.17. The van der Waals surface area contributed by atoms with Gasteiger partial charge in [-0.2, -0.15) is 0 Å². The Balaban J connectivity index is 2.23. The third kappa shape index (κ3) is 2.99. The third-order valence-electron chi connectivity index (χ3n) is 3.17. The molecule has 5 heteroatoms. The highest BCUT2D eigenvalue weighted by molar-refractivity contribution is 9.10. The van der Waals surface area contributed by atoms with Crippen LogP contribution in [0.3, 0.4) is 0 Å². The first-order chi connectivity index (χ1) is 8.09. The molecular weight excluding hydrogens is 308 g/mol. The van der Waals surface area contributed by atoms with E-state index in [1.807, 2.05) is 0 Å². The molecule has 1 unspecified atom stereocenters. The Kier molecular flexibility index (Phi) is 4.42. The summed E-state index contributed by atoms with van der Waals surface area (Å²) in [5.74, 6) is -0.0456. The van der Waals surface area contributed by atoms with Gasteiger partial charge in [0.05, 0.1) is 5.02 Å². The summed E-state index contributed by atoms with van der Waals surface area (Å²) in [4.78, 5) is 0. The van der Waals surface area contributed by atoms with Gasteiger partial charge in [-0.3, -0.25) is 0 Å². The molecule has 1 aromatic rings. The normalized spacial score (nSPS) is 19.3. The molecule has 0 saturated carbocycles. The van der Waals surface area contributed by atoms with Gasteiger partial charge in [-0.25, -0.2) is 4.39 Å². The van der Waals surface area contributed by atoms with Crippen molar-refractivity contribution in [1.29, 1.82) is 0 Å². The lowest BCUT2D eigenvalue weighted by molar-refractivity contribution is 0.0580. The fourth-order valence-corrected chi connectivity index (χ4v) is 2.61. The highest BCUT2D eigenvalue weighted by Gasteiger charge is 2.25. The lowest BCUT2D eigenvalue weighted by Crippen LogP contribution is -2.28. The maximum Gasteiger partial charge on any atom is 0.129 e. The lowest BCUT2D eigenvalue weighted by Gasteiger charge is -2.28. The second-order valence-electron chi connectivity index (χ2n) is 4.26. The summed E-state index contributed by atoms with van der Waals surface area (Å²) < 4.78 is 19.7. The number of hydrogen-bond donors (Lipinski definition) is 1. The molecule has 1 fully saturated rings. The van der Waals surface area contributed by atoms with E-state index >= 15 is 0 Å². The van der Waals surface area contributed by atoms with E-state index in [9.17, 15) is 4.39 Å². The molecule has 1 aromatic carbocycles. The molecule has 94 valence electrons. The highest BCUT2D eigenvalue weighted by Crippen LogP contribution is 2.33. The van der Waals surface area contributed by atoms with E-state index in [1.54, 1.807) is 6.07 Å². The van der Waals surface area contributed by atoms with Crippen LogP contribution in [-0.4, -0.2) is 13.2 Å². The number of ether oxygens (including phenoxy) is 1. The molecule has 1 heterocycles. The Labute approximate surface area is 113 Å². The molecule has 1 aliphatic rings. The molecule has 0 aliphatic carbocycles. The molecule has 0 amide bonds. The van der Waals surface area contributed by atoms with Crippen LogP contribution in [0.25, 0.3) is 0 Å². The van der Waals surface area contributed by atoms with Crippen molar-refractivity contribution >= 4 is 27.5 Å². The predicted molar refractivity (Wildman–Crippen MR) is 69.6 cm³/mol. The van der Waals surface area contributed by atoms with Gasteiger partial charge in [-0.1, -0.05) is 11.6 Å². The number of rotatable bonds is 2. The van der Waals surface area contributed by atoms with Crippen LogP contribution in [0.15, 0.2) is 16.6 Å². The van der Waals surface area contributed by atoms with E-state index in [0.717, 1.165) is 12.8 Å². The Hall–Kier alpha value is -0.160. The minimum atomic E-state index is -0.315. The van der Waals surface area contributed by atoms with Crippen molar-refractivity contribution in [3.8, 4) is 0 Å². The standard InChI is InChI=1S/C12H14BrClFNO/c13-9-6-11(15)8(5-10(9)14)12(16)7-1-3-17-4-2-7/h5-7,12H,1-4,16H2. The fraction of sp³-hybridized carbons (Fsp3) is 0.500. The van der Waals surface area contributed by atoms with Crippen molar-refractivity contribution < 1.29 is 9.13 Å². The van der Waals surface area contributed by atoms with Crippen LogP contribution in [0.5, 0.6) is 0 Å². The Morgan fingerprint density at radius 2 is 2.06 bits per heavy atom. The Bertz CT molecular complexity index is 410. The van der Waals surface area contributed by atoms with Crippen LogP contribution >= 0.6 is 27.5 Å². The monoisotopic (exact) mass is 321 g/mol. The SMILES string of the molecule is NC(c1cc(Cl)c(Br)cc1F)C1CCOCC1. The second kappa shape index (κ2) is 5.65. The molecule has 2 nitrogen and oxygen atoms in total. The van der Waals surface area contributed by atoms with E-state index in [-0.39, 0.29) is 17.8 Å². The minimum absolute atomic E-state index is 0.260.